The van der Waals surface area contributed by atoms with Crippen molar-refractivity contribution in [1.29, 1.82) is 0 Å². The minimum absolute atomic E-state index is 0.115. The van der Waals surface area contributed by atoms with Crippen molar-refractivity contribution in [2.75, 3.05) is 39.3 Å². The second-order valence-electron chi connectivity index (χ2n) is 14.7. The molecule has 10 nitrogen and oxygen atoms in total. The number of aliphatic hydroxyl groups excluding tert-OH is 2. The summed E-state index contributed by atoms with van der Waals surface area (Å²) < 4.78 is 6.28. The van der Waals surface area contributed by atoms with Crippen LogP contribution in [0.2, 0.25) is 5.02 Å². The predicted molar refractivity (Wildman–Crippen MR) is 203 cm³/mol. The Labute approximate surface area is 312 Å². The number of aliphatic hydroxyl groups is 2. The van der Waals surface area contributed by atoms with E-state index in [1.807, 2.05) is 29.4 Å². The highest BCUT2D eigenvalue weighted by Crippen LogP contribution is 2.50. The zero-order chi connectivity index (χ0) is 36.5. The van der Waals surface area contributed by atoms with Gasteiger partial charge in [0.2, 0.25) is 5.91 Å². The molecule has 3 amide bonds. The molecular formula is C41H54ClN5O5. The molecular weight excluding hydrogens is 678 g/mol. The predicted octanol–water partition coefficient (Wildman–Crippen LogP) is 6.37. The third-order valence-electron chi connectivity index (χ3n) is 10.7. The van der Waals surface area contributed by atoms with Crippen LogP contribution < -0.4 is 15.4 Å². The van der Waals surface area contributed by atoms with Gasteiger partial charge in [-0.05, 0) is 104 Å². The fourth-order valence-corrected chi connectivity index (χ4v) is 7.27. The molecule has 3 fully saturated rings. The summed E-state index contributed by atoms with van der Waals surface area (Å²) in [6, 6.07) is 16.6. The van der Waals surface area contributed by atoms with Crippen LogP contribution in [0.5, 0.6) is 5.75 Å². The van der Waals surface area contributed by atoms with Crippen LogP contribution in [0, 0.1) is 0 Å². The van der Waals surface area contributed by atoms with Gasteiger partial charge in [-0.2, -0.15) is 0 Å². The van der Waals surface area contributed by atoms with Crippen molar-refractivity contribution >= 4 is 23.5 Å². The van der Waals surface area contributed by atoms with Gasteiger partial charge in [-0.1, -0.05) is 48.9 Å². The number of urea groups is 1. The third-order valence-corrected chi connectivity index (χ3v) is 11.1. The van der Waals surface area contributed by atoms with Crippen LogP contribution in [0.25, 0.3) is 11.1 Å². The summed E-state index contributed by atoms with van der Waals surface area (Å²) in [4.78, 5) is 33.7. The highest BCUT2D eigenvalue weighted by molar-refractivity contribution is 6.31. The number of halogens is 1. The zero-order valence-electron chi connectivity index (χ0n) is 30.4. The van der Waals surface area contributed by atoms with E-state index in [2.05, 4.69) is 58.9 Å². The molecule has 1 saturated heterocycles. The van der Waals surface area contributed by atoms with Gasteiger partial charge in [-0.25, -0.2) is 4.79 Å². The average Bonchev–Trinajstić information content (AvgIpc) is 4.12. The number of carbonyl (C=O) groups excluding carboxylic acids is 2. The summed E-state index contributed by atoms with van der Waals surface area (Å²) >= 11 is 6.75. The van der Waals surface area contributed by atoms with Crippen LogP contribution in [-0.2, 0) is 16.9 Å². The second kappa shape index (κ2) is 17.9. The molecule has 2 heterocycles. The van der Waals surface area contributed by atoms with Gasteiger partial charge < -0.3 is 35.4 Å². The number of nitrogens with zero attached hydrogens (tertiary/aromatic N) is 3. The minimum Gasteiger partial charge on any atom is -0.490 e. The molecule has 0 bridgehead atoms. The molecule has 2 atom stereocenters. The highest BCUT2D eigenvalue weighted by atomic mass is 35.5. The molecule has 2 aromatic carbocycles. The lowest BCUT2D eigenvalue weighted by molar-refractivity contribution is -0.132. The van der Waals surface area contributed by atoms with Gasteiger partial charge in [0.1, 0.15) is 5.75 Å². The number of hydrogen-bond donors (Lipinski definition) is 4. The Balaban J connectivity index is 0.959. The Morgan fingerprint density at radius 1 is 1.00 bits per heavy atom. The second-order valence-corrected chi connectivity index (χ2v) is 15.2. The number of carbonyl (C=O) groups is 2. The number of ether oxygens (including phenoxy) is 1. The number of hydrogen-bond acceptors (Lipinski definition) is 7. The summed E-state index contributed by atoms with van der Waals surface area (Å²) in [6.45, 7) is 5.27. The first-order valence-corrected chi connectivity index (χ1v) is 19.5. The van der Waals surface area contributed by atoms with Crippen LogP contribution in [0.4, 0.5) is 4.79 Å². The highest BCUT2D eigenvalue weighted by Gasteiger charge is 2.46. The van der Waals surface area contributed by atoms with E-state index in [0.29, 0.717) is 58.2 Å². The summed E-state index contributed by atoms with van der Waals surface area (Å²) in [5, 5.41) is 25.9. The lowest BCUT2D eigenvalue weighted by atomic mass is 9.93. The van der Waals surface area contributed by atoms with Gasteiger partial charge in [0.05, 0.1) is 18.8 Å². The monoisotopic (exact) mass is 731 g/mol. The molecule has 4 N–H and O–H groups in total. The number of amides is 3. The van der Waals surface area contributed by atoms with Gasteiger partial charge >= 0.3 is 6.03 Å². The van der Waals surface area contributed by atoms with E-state index in [1.54, 1.807) is 4.90 Å². The van der Waals surface area contributed by atoms with Gasteiger partial charge in [0.15, 0.2) is 0 Å². The van der Waals surface area contributed by atoms with E-state index in [-0.39, 0.29) is 30.0 Å². The van der Waals surface area contributed by atoms with Crippen molar-refractivity contribution in [3.8, 4) is 16.9 Å². The van der Waals surface area contributed by atoms with E-state index in [4.69, 9.17) is 21.4 Å². The number of nitrogens with one attached hydrogen (secondary N) is 2. The quantitative estimate of drug-likeness (QED) is 0.112. The summed E-state index contributed by atoms with van der Waals surface area (Å²) in [6.07, 6.45) is 11.9. The summed E-state index contributed by atoms with van der Waals surface area (Å²) in [5.74, 6) is 1.35. The summed E-state index contributed by atoms with van der Waals surface area (Å²) in [7, 11) is 0. The lowest BCUT2D eigenvalue weighted by Gasteiger charge is -2.35. The number of benzene rings is 2. The molecule has 0 radical (unpaired) electrons. The van der Waals surface area contributed by atoms with Gasteiger partial charge in [0.25, 0.3) is 0 Å². The first-order chi connectivity index (χ1) is 25.3. The largest absolute Gasteiger partial charge is 0.490 e. The number of aromatic nitrogens is 1. The average molecular weight is 732 g/mol. The van der Waals surface area contributed by atoms with Crippen molar-refractivity contribution in [3.05, 3.63) is 82.6 Å². The topological polar surface area (TPSA) is 127 Å². The molecule has 1 unspecified atom stereocenters. The standard InChI is InChI=1S/C41H54ClN5O5/c1-29(7-6-11-39(50)46-21-23-47(24-22-46)40(51)44-19-5-4-8-32(49)28-48)30-12-15-37(42)31(25-30)26-45-41(17-18-41)36-27-43-20-16-34(36)35-9-2-3-10-38(35)52-33-13-14-33/h2-3,9-10,12,15-16,20,25,27,29,32-33,45,48-49H,4-8,11,13-14,17-19,21-24,26,28H2,1H3,(H,44,51)/t29?,32-/m0/s1. The van der Waals surface area contributed by atoms with Crippen LogP contribution in [-0.4, -0.2) is 88.5 Å². The van der Waals surface area contributed by atoms with Crippen LogP contribution in [0.15, 0.2) is 60.9 Å². The van der Waals surface area contributed by atoms with E-state index < -0.39 is 6.10 Å². The number of unbranched alkanes of at least 4 members (excludes halogenated alkanes) is 1. The maximum absolute atomic E-state index is 13.0. The van der Waals surface area contributed by atoms with E-state index in [0.717, 1.165) is 78.8 Å². The molecule has 11 heteroatoms. The van der Waals surface area contributed by atoms with Crippen LogP contribution >= 0.6 is 11.6 Å². The van der Waals surface area contributed by atoms with Crippen molar-refractivity contribution in [1.82, 2.24) is 25.4 Å². The van der Waals surface area contributed by atoms with E-state index in [9.17, 15) is 14.7 Å². The summed E-state index contributed by atoms with van der Waals surface area (Å²) in [5.41, 5.74) is 5.59. The first-order valence-electron chi connectivity index (χ1n) is 19.1. The first kappa shape index (κ1) is 38.0. The Hall–Kier alpha value is -3.70. The molecule has 3 aliphatic rings. The maximum Gasteiger partial charge on any atom is 0.317 e. The normalized spacial score (nSPS) is 17.8. The fraction of sp³-hybridized carbons (Fsp3) is 0.537. The number of piperazine rings is 1. The zero-order valence-corrected chi connectivity index (χ0v) is 31.1. The molecule has 3 aromatic rings. The number of para-hydroxylation sites is 1. The molecule has 280 valence electrons. The Kier molecular flexibility index (Phi) is 13.1. The van der Waals surface area contributed by atoms with E-state index >= 15 is 0 Å². The third kappa shape index (κ3) is 10.0. The smallest absolute Gasteiger partial charge is 0.317 e. The molecule has 1 aromatic heterocycles. The Morgan fingerprint density at radius 3 is 2.52 bits per heavy atom. The van der Waals surface area contributed by atoms with E-state index in [1.165, 1.54) is 11.1 Å². The van der Waals surface area contributed by atoms with Crippen molar-refractivity contribution in [3.63, 3.8) is 0 Å². The lowest BCUT2D eigenvalue weighted by Crippen LogP contribution is -2.53. The molecule has 2 saturated carbocycles. The molecule has 52 heavy (non-hydrogen) atoms. The molecule has 2 aliphatic carbocycles. The Bertz CT molecular complexity index is 1660. The fourth-order valence-electron chi connectivity index (χ4n) is 7.08. The Morgan fingerprint density at radius 2 is 1.77 bits per heavy atom. The van der Waals surface area contributed by atoms with Crippen molar-refractivity contribution in [2.45, 2.75) is 101 Å². The molecule has 1 aliphatic heterocycles. The molecule has 0 spiro atoms. The SMILES string of the molecule is CC(CCCC(=O)N1CCN(C(=O)NCCCC[C@H](O)CO)CC1)c1ccc(Cl)c(CNC2(c3cnccc3-c3ccccc3OC3CC3)CC2)c1. The van der Waals surface area contributed by atoms with Crippen LogP contribution in [0.1, 0.15) is 93.7 Å². The number of rotatable bonds is 18. The van der Waals surface area contributed by atoms with Crippen LogP contribution in [0.3, 0.4) is 0 Å². The number of pyridine rings is 1. The van der Waals surface area contributed by atoms with Crippen molar-refractivity contribution in [2.24, 2.45) is 0 Å². The van der Waals surface area contributed by atoms with Crippen molar-refractivity contribution < 1.29 is 24.5 Å². The van der Waals surface area contributed by atoms with Gasteiger partial charge in [-0.3, -0.25) is 9.78 Å². The van der Waals surface area contributed by atoms with Gasteiger partial charge in [0, 0.05) is 74.2 Å². The maximum atomic E-state index is 13.0. The van der Waals surface area contributed by atoms with Gasteiger partial charge in [-0.15, -0.1) is 0 Å². The molecule has 6 rings (SSSR count). The minimum atomic E-state index is -0.696.